The Morgan fingerprint density at radius 1 is 0.737 bits per heavy atom. The minimum atomic E-state index is -1.53. The zero-order chi connectivity index (χ0) is 28.0. The van der Waals surface area contributed by atoms with Gasteiger partial charge in [-0.1, -0.05) is 97.3 Å². The van der Waals surface area contributed by atoms with Crippen LogP contribution in [0.15, 0.2) is 0 Å². The van der Waals surface area contributed by atoms with Crippen LogP contribution in [0.3, 0.4) is 0 Å². The first kappa shape index (κ1) is 35.2. The third kappa shape index (κ3) is 15.7. The highest BCUT2D eigenvalue weighted by Crippen LogP contribution is 2.22. The number of unbranched alkanes of at least 4 members (excludes halogenated alkanes) is 13. The number of aliphatic hydroxyl groups excluding tert-OH is 4. The zero-order valence-corrected chi connectivity index (χ0v) is 23.9. The van der Waals surface area contributed by atoms with Crippen LogP contribution in [0.4, 0.5) is 0 Å². The van der Waals surface area contributed by atoms with Gasteiger partial charge < -0.3 is 39.4 Å². The second kappa shape index (κ2) is 22.9. The maximum atomic E-state index is 12.4. The summed E-state index contributed by atoms with van der Waals surface area (Å²) in [7, 11) is 0. The monoisotopic (exact) mass is 548 g/mol. The minimum Gasteiger partial charge on any atom is -0.457 e. The zero-order valence-electron chi connectivity index (χ0n) is 23.9. The third-order valence-electron chi connectivity index (χ3n) is 7.02. The van der Waals surface area contributed by atoms with Gasteiger partial charge in [0.25, 0.3) is 0 Å². The Kier molecular flexibility index (Phi) is 21.3. The minimum absolute atomic E-state index is 0.108. The van der Waals surface area contributed by atoms with Gasteiger partial charge in [-0.15, -0.1) is 0 Å². The summed E-state index contributed by atoms with van der Waals surface area (Å²) >= 11 is 0. The fourth-order valence-corrected chi connectivity index (χ4v) is 4.55. The van der Waals surface area contributed by atoms with Crippen LogP contribution in [-0.4, -0.2) is 89.6 Å². The lowest BCUT2D eigenvalue weighted by molar-refractivity contribution is -0.305. The molecule has 0 bridgehead atoms. The first-order valence-corrected chi connectivity index (χ1v) is 15.1. The Balaban J connectivity index is 2.42. The van der Waals surface area contributed by atoms with Gasteiger partial charge in [-0.2, -0.15) is 0 Å². The first-order valence-electron chi connectivity index (χ1n) is 15.1. The van der Waals surface area contributed by atoms with Crippen LogP contribution < -0.4 is 0 Å². The van der Waals surface area contributed by atoms with Crippen molar-refractivity contribution in [3.8, 4) is 0 Å². The molecule has 1 aliphatic heterocycles. The van der Waals surface area contributed by atoms with Crippen LogP contribution in [0.25, 0.3) is 0 Å². The molecule has 0 aromatic carbocycles. The van der Waals surface area contributed by atoms with E-state index in [-0.39, 0.29) is 19.2 Å². The van der Waals surface area contributed by atoms with Gasteiger partial charge in [0.1, 0.15) is 30.5 Å². The third-order valence-corrected chi connectivity index (χ3v) is 7.02. The van der Waals surface area contributed by atoms with Gasteiger partial charge in [0, 0.05) is 13.0 Å². The van der Waals surface area contributed by atoms with Crippen molar-refractivity contribution in [3.63, 3.8) is 0 Å². The van der Waals surface area contributed by atoms with Crippen LogP contribution in [0, 0.1) is 0 Å². The molecule has 1 fully saturated rings. The average molecular weight is 549 g/mol. The summed E-state index contributed by atoms with van der Waals surface area (Å²) in [6, 6.07) is 0. The second-order valence-electron chi connectivity index (χ2n) is 10.6. The molecule has 6 unspecified atom stereocenters. The molecule has 1 aliphatic rings. The van der Waals surface area contributed by atoms with Gasteiger partial charge in [0.15, 0.2) is 6.29 Å². The van der Waals surface area contributed by atoms with Crippen molar-refractivity contribution in [2.75, 3.05) is 26.4 Å². The average Bonchev–Trinajstić information content (AvgIpc) is 2.91. The van der Waals surface area contributed by atoms with Gasteiger partial charge in [-0.25, -0.2) is 0 Å². The molecule has 0 saturated carbocycles. The number of carbonyl (C=O) groups excluding carboxylic acids is 1. The lowest BCUT2D eigenvalue weighted by atomic mass is 9.99. The number of carbonyl (C=O) groups is 1. The van der Waals surface area contributed by atoms with Crippen molar-refractivity contribution in [3.05, 3.63) is 0 Å². The molecule has 1 rings (SSSR count). The second-order valence-corrected chi connectivity index (χ2v) is 10.6. The van der Waals surface area contributed by atoms with E-state index in [1.54, 1.807) is 0 Å². The fraction of sp³-hybridized carbons (Fsp3) is 0.966. The highest BCUT2D eigenvalue weighted by molar-refractivity contribution is 5.69. The van der Waals surface area contributed by atoms with E-state index in [2.05, 4.69) is 13.8 Å². The molecule has 0 amide bonds. The summed E-state index contributed by atoms with van der Waals surface area (Å²) < 4.78 is 22.4. The summed E-state index contributed by atoms with van der Waals surface area (Å²) in [6.45, 7) is 4.45. The lowest BCUT2D eigenvalue weighted by Gasteiger charge is -2.39. The summed E-state index contributed by atoms with van der Waals surface area (Å²) in [5.74, 6) is -0.324. The largest absolute Gasteiger partial charge is 0.457 e. The number of esters is 1. The maximum Gasteiger partial charge on any atom is 0.306 e. The molecular formula is C29H56O9. The van der Waals surface area contributed by atoms with E-state index in [9.17, 15) is 25.2 Å². The van der Waals surface area contributed by atoms with Crippen molar-refractivity contribution in [2.24, 2.45) is 0 Å². The van der Waals surface area contributed by atoms with Crippen LogP contribution in [0.2, 0.25) is 0 Å². The van der Waals surface area contributed by atoms with Gasteiger partial charge in [-0.05, 0) is 12.8 Å². The Bertz CT molecular complexity index is 560. The van der Waals surface area contributed by atoms with Crippen LogP contribution >= 0.6 is 0 Å². The van der Waals surface area contributed by atoms with Crippen LogP contribution in [-0.2, 0) is 23.7 Å². The predicted octanol–water partition coefficient (Wildman–Crippen LogP) is 4.01. The summed E-state index contributed by atoms with van der Waals surface area (Å²) in [4.78, 5) is 12.4. The Labute approximate surface area is 230 Å². The molecule has 1 saturated heterocycles. The predicted molar refractivity (Wildman–Crippen MR) is 146 cm³/mol. The molecule has 0 aliphatic carbocycles. The Morgan fingerprint density at radius 3 is 1.87 bits per heavy atom. The van der Waals surface area contributed by atoms with E-state index in [0.717, 1.165) is 32.1 Å². The lowest BCUT2D eigenvalue weighted by Crippen LogP contribution is -2.59. The van der Waals surface area contributed by atoms with Crippen molar-refractivity contribution >= 4 is 5.97 Å². The molecule has 1 heterocycles. The molecule has 226 valence electrons. The Hall–Kier alpha value is -0.810. The molecule has 38 heavy (non-hydrogen) atoms. The Morgan fingerprint density at radius 2 is 1.29 bits per heavy atom. The highest BCUT2D eigenvalue weighted by atomic mass is 16.7. The van der Waals surface area contributed by atoms with Crippen molar-refractivity contribution in [1.82, 2.24) is 0 Å². The van der Waals surface area contributed by atoms with Gasteiger partial charge >= 0.3 is 5.97 Å². The molecule has 0 aromatic rings. The quantitative estimate of drug-likeness (QED) is 0.104. The SMILES string of the molecule is CCCCCCCCCCCOCC(COC1OC(CO)C(O)C(O)C1O)OC(=O)CCCCCCCC. The van der Waals surface area contributed by atoms with Crippen LogP contribution in [0.1, 0.15) is 117 Å². The van der Waals surface area contributed by atoms with E-state index in [1.807, 2.05) is 0 Å². The molecule has 9 nitrogen and oxygen atoms in total. The van der Waals surface area contributed by atoms with Gasteiger partial charge in [0.2, 0.25) is 0 Å². The molecule has 0 spiro atoms. The number of ether oxygens (including phenoxy) is 4. The van der Waals surface area contributed by atoms with Crippen molar-refractivity contribution in [1.29, 1.82) is 0 Å². The topological polar surface area (TPSA) is 135 Å². The summed E-state index contributed by atoms with van der Waals surface area (Å²) in [5, 5.41) is 39.5. The fourth-order valence-electron chi connectivity index (χ4n) is 4.55. The number of hydrogen-bond donors (Lipinski definition) is 4. The normalized spacial score (nSPS) is 24.4. The maximum absolute atomic E-state index is 12.4. The first-order chi connectivity index (χ1) is 18.4. The summed E-state index contributed by atoms with van der Waals surface area (Å²) in [6.07, 6.45) is 10.2. The molecular weight excluding hydrogens is 492 g/mol. The van der Waals surface area contributed by atoms with Crippen molar-refractivity contribution in [2.45, 2.75) is 153 Å². The van der Waals surface area contributed by atoms with E-state index >= 15 is 0 Å². The molecule has 4 N–H and O–H groups in total. The molecule has 0 aromatic heterocycles. The van der Waals surface area contributed by atoms with Crippen molar-refractivity contribution < 1.29 is 44.2 Å². The molecule has 0 radical (unpaired) electrons. The van der Waals surface area contributed by atoms with Gasteiger partial charge in [-0.3, -0.25) is 4.79 Å². The number of aliphatic hydroxyl groups is 4. The number of rotatable bonds is 24. The molecule has 6 atom stereocenters. The van der Waals surface area contributed by atoms with Gasteiger partial charge in [0.05, 0.1) is 19.8 Å². The molecule has 9 heteroatoms. The van der Waals surface area contributed by atoms with Crippen LogP contribution in [0.5, 0.6) is 0 Å². The van der Waals surface area contributed by atoms with E-state index < -0.39 is 43.4 Å². The standard InChI is InChI=1S/C29H56O9/c1-3-5-7-9-11-12-13-15-17-19-35-21-23(37-25(31)18-16-14-10-8-6-4-2)22-36-29-28(34)27(33)26(32)24(20-30)38-29/h23-24,26-30,32-34H,3-22H2,1-2H3. The highest BCUT2D eigenvalue weighted by Gasteiger charge is 2.44. The van der Waals surface area contributed by atoms with E-state index in [0.29, 0.717) is 13.0 Å². The smallest absolute Gasteiger partial charge is 0.306 e. The number of hydrogen-bond acceptors (Lipinski definition) is 9. The van der Waals surface area contributed by atoms with E-state index in [4.69, 9.17) is 18.9 Å². The van der Waals surface area contributed by atoms with E-state index in [1.165, 1.54) is 64.2 Å². The summed E-state index contributed by atoms with van der Waals surface area (Å²) in [5.41, 5.74) is 0.